The fourth-order valence-electron chi connectivity index (χ4n) is 3.29. The van der Waals surface area contributed by atoms with Gasteiger partial charge in [-0.3, -0.25) is 4.79 Å². The second-order valence-electron chi connectivity index (χ2n) is 8.36. The fraction of sp³-hybridized carbons (Fsp3) is 0.600. The van der Waals surface area contributed by atoms with Crippen molar-refractivity contribution in [1.29, 1.82) is 0 Å². The van der Waals surface area contributed by atoms with E-state index in [-0.39, 0.29) is 23.3 Å². The summed E-state index contributed by atoms with van der Waals surface area (Å²) in [6, 6.07) is 8.66. The zero-order chi connectivity index (χ0) is 18.0. The number of urea groups is 1. The predicted octanol–water partition coefficient (Wildman–Crippen LogP) is 2.79. The van der Waals surface area contributed by atoms with Crippen LogP contribution in [0, 0.1) is 5.92 Å². The van der Waals surface area contributed by atoms with Gasteiger partial charge in [-0.1, -0.05) is 45.0 Å². The molecule has 1 atom stereocenters. The average molecular weight is 343 g/mol. The van der Waals surface area contributed by atoms with Crippen LogP contribution in [-0.2, 0) is 16.8 Å². The zero-order valence-corrected chi connectivity index (χ0v) is 15.5. The van der Waals surface area contributed by atoms with Gasteiger partial charge in [0.1, 0.15) is 0 Å². The Morgan fingerprint density at radius 1 is 1.16 bits per heavy atom. The first-order valence-corrected chi connectivity index (χ1v) is 9.23. The number of benzene rings is 1. The molecule has 1 heterocycles. The summed E-state index contributed by atoms with van der Waals surface area (Å²) in [7, 11) is 0. The number of nitrogens with one attached hydrogen (secondary N) is 2. The van der Waals surface area contributed by atoms with E-state index in [1.54, 1.807) is 0 Å². The molecule has 3 rings (SSSR count). The van der Waals surface area contributed by atoms with Crippen molar-refractivity contribution >= 4 is 11.9 Å². The normalized spacial score (nSPS) is 20.7. The third-order valence-corrected chi connectivity index (χ3v) is 5.05. The highest BCUT2D eigenvalue weighted by Crippen LogP contribution is 2.32. The Morgan fingerprint density at radius 3 is 2.44 bits per heavy atom. The molecule has 0 spiro atoms. The Kier molecular flexibility index (Phi) is 5.02. The smallest absolute Gasteiger partial charge is 0.315 e. The summed E-state index contributed by atoms with van der Waals surface area (Å²) in [5.41, 5.74) is 2.50. The molecule has 5 nitrogen and oxygen atoms in total. The van der Waals surface area contributed by atoms with Crippen molar-refractivity contribution < 1.29 is 9.59 Å². The van der Waals surface area contributed by atoms with Crippen LogP contribution in [0.1, 0.15) is 51.2 Å². The van der Waals surface area contributed by atoms with E-state index in [1.807, 2.05) is 4.90 Å². The maximum Gasteiger partial charge on any atom is 0.315 e. The molecule has 5 heteroatoms. The molecular weight excluding hydrogens is 314 g/mol. The number of carbonyl (C=O) groups excluding carboxylic acids is 2. The lowest BCUT2D eigenvalue weighted by molar-refractivity contribution is -0.128. The van der Waals surface area contributed by atoms with E-state index in [0.717, 1.165) is 24.9 Å². The molecule has 1 aliphatic heterocycles. The number of carbonyl (C=O) groups is 2. The summed E-state index contributed by atoms with van der Waals surface area (Å²) in [6.07, 6.45) is 2.84. The van der Waals surface area contributed by atoms with E-state index in [9.17, 15) is 9.59 Å². The number of likely N-dealkylation sites (tertiary alicyclic amines) is 1. The SMILES string of the molecule is CC(C)(C)c1ccc(CNC(=O)NCC2CC(=O)N(C3CC3)C2)cc1. The molecule has 136 valence electrons. The highest BCUT2D eigenvalue weighted by atomic mass is 16.2. The van der Waals surface area contributed by atoms with Crippen molar-refractivity contribution in [3.05, 3.63) is 35.4 Å². The van der Waals surface area contributed by atoms with Crippen LogP contribution in [0.3, 0.4) is 0 Å². The van der Waals surface area contributed by atoms with Gasteiger partial charge in [0.15, 0.2) is 0 Å². The Hall–Kier alpha value is -2.04. The van der Waals surface area contributed by atoms with E-state index >= 15 is 0 Å². The molecule has 1 aromatic rings. The van der Waals surface area contributed by atoms with Gasteiger partial charge in [0, 0.05) is 38.0 Å². The topological polar surface area (TPSA) is 61.4 Å². The Balaban J connectivity index is 1.39. The fourth-order valence-corrected chi connectivity index (χ4v) is 3.29. The maximum atomic E-state index is 12.0. The Morgan fingerprint density at radius 2 is 1.84 bits per heavy atom. The molecule has 1 aliphatic carbocycles. The summed E-state index contributed by atoms with van der Waals surface area (Å²) in [6.45, 7) is 8.42. The molecule has 2 N–H and O–H groups in total. The van der Waals surface area contributed by atoms with Crippen molar-refractivity contribution in [1.82, 2.24) is 15.5 Å². The highest BCUT2D eigenvalue weighted by Gasteiger charge is 2.39. The zero-order valence-electron chi connectivity index (χ0n) is 15.5. The first kappa shape index (κ1) is 17.8. The Bertz CT molecular complexity index is 629. The molecule has 2 fully saturated rings. The quantitative estimate of drug-likeness (QED) is 0.863. The average Bonchev–Trinajstić information content (AvgIpc) is 3.33. The van der Waals surface area contributed by atoms with Crippen LogP contribution in [0.15, 0.2) is 24.3 Å². The lowest BCUT2D eigenvalue weighted by Gasteiger charge is -2.19. The van der Waals surface area contributed by atoms with Crippen LogP contribution in [-0.4, -0.2) is 36.0 Å². The molecule has 1 saturated carbocycles. The molecule has 1 saturated heterocycles. The van der Waals surface area contributed by atoms with E-state index < -0.39 is 0 Å². The summed E-state index contributed by atoms with van der Waals surface area (Å²) in [5, 5.41) is 5.79. The van der Waals surface area contributed by atoms with Gasteiger partial charge < -0.3 is 15.5 Å². The minimum atomic E-state index is -0.169. The molecule has 0 aromatic heterocycles. The molecule has 1 aromatic carbocycles. The lowest BCUT2D eigenvalue weighted by atomic mass is 9.87. The number of rotatable bonds is 5. The van der Waals surface area contributed by atoms with Gasteiger partial charge in [0.2, 0.25) is 5.91 Å². The van der Waals surface area contributed by atoms with Crippen LogP contribution >= 0.6 is 0 Å². The van der Waals surface area contributed by atoms with Crippen LogP contribution in [0.25, 0.3) is 0 Å². The maximum absolute atomic E-state index is 12.0. The van der Waals surface area contributed by atoms with Crippen molar-refractivity contribution in [2.75, 3.05) is 13.1 Å². The number of nitrogens with zero attached hydrogens (tertiary/aromatic N) is 1. The largest absolute Gasteiger partial charge is 0.339 e. The second-order valence-corrected chi connectivity index (χ2v) is 8.36. The summed E-state index contributed by atoms with van der Waals surface area (Å²) in [4.78, 5) is 25.9. The van der Waals surface area contributed by atoms with Gasteiger partial charge in [0.25, 0.3) is 0 Å². The summed E-state index contributed by atoms with van der Waals surface area (Å²) < 4.78 is 0. The van der Waals surface area contributed by atoms with Gasteiger partial charge >= 0.3 is 6.03 Å². The molecular formula is C20H29N3O2. The lowest BCUT2D eigenvalue weighted by Crippen LogP contribution is -2.38. The highest BCUT2D eigenvalue weighted by molar-refractivity contribution is 5.79. The van der Waals surface area contributed by atoms with Gasteiger partial charge in [-0.2, -0.15) is 0 Å². The standard InChI is InChI=1S/C20H29N3O2/c1-20(2,3)16-6-4-14(5-7-16)11-21-19(25)22-12-15-10-18(24)23(13-15)17-8-9-17/h4-7,15,17H,8-13H2,1-3H3,(H2,21,22,25). The number of amides is 3. The van der Waals surface area contributed by atoms with Gasteiger partial charge in [-0.05, 0) is 29.4 Å². The van der Waals surface area contributed by atoms with Gasteiger partial charge in [-0.25, -0.2) is 4.79 Å². The third kappa shape index (κ3) is 4.74. The van der Waals surface area contributed by atoms with E-state index in [0.29, 0.717) is 25.6 Å². The summed E-state index contributed by atoms with van der Waals surface area (Å²) >= 11 is 0. The number of hydrogen-bond donors (Lipinski definition) is 2. The first-order valence-electron chi connectivity index (χ1n) is 9.23. The van der Waals surface area contributed by atoms with Crippen LogP contribution in [0.5, 0.6) is 0 Å². The first-order chi connectivity index (χ1) is 11.8. The van der Waals surface area contributed by atoms with Crippen LogP contribution in [0.4, 0.5) is 4.79 Å². The van der Waals surface area contributed by atoms with Gasteiger partial charge in [0.05, 0.1) is 0 Å². The van der Waals surface area contributed by atoms with Crippen molar-refractivity contribution in [3.63, 3.8) is 0 Å². The minimum Gasteiger partial charge on any atom is -0.339 e. The van der Waals surface area contributed by atoms with E-state index in [1.165, 1.54) is 5.56 Å². The predicted molar refractivity (Wildman–Crippen MR) is 98.2 cm³/mol. The minimum absolute atomic E-state index is 0.135. The van der Waals surface area contributed by atoms with Gasteiger partial charge in [-0.15, -0.1) is 0 Å². The molecule has 0 radical (unpaired) electrons. The van der Waals surface area contributed by atoms with Crippen LogP contribution in [0.2, 0.25) is 0 Å². The van der Waals surface area contributed by atoms with E-state index in [4.69, 9.17) is 0 Å². The Labute approximate surface area is 150 Å². The molecule has 25 heavy (non-hydrogen) atoms. The van der Waals surface area contributed by atoms with E-state index in [2.05, 4.69) is 55.7 Å². The second kappa shape index (κ2) is 7.06. The van der Waals surface area contributed by atoms with Crippen molar-refractivity contribution in [2.45, 2.75) is 58.0 Å². The molecule has 2 aliphatic rings. The monoisotopic (exact) mass is 343 g/mol. The molecule has 1 unspecified atom stereocenters. The third-order valence-electron chi connectivity index (χ3n) is 5.05. The van der Waals surface area contributed by atoms with Crippen molar-refractivity contribution in [3.8, 4) is 0 Å². The van der Waals surface area contributed by atoms with Crippen molar-refractivity contribution in [2.24, 2.45) is 5.92 Å². The molecule has 0 bridgehead atoms. The summed E-state index contributed by atoms with van der Waals surface area (Å²) in [5.74, 6) is 0.485. The van der Waals surface area contributed by atoms with Crippen LogP contribution < -0.4 is 10.6 Å². The molecule has 3 amide bonds. The number of hydrogen-bond acceptors (Lipinski definition) is 2.